The maximum absolute atomic E-state index is 12.2. The van der Waals surface area contributed by atoms with Crippen molar-refractivity contribution in [3.63, 3.8) is 0 Å². The zero-order valence-electron chi connectivity index (χ0n) is 13.4. The minimum atomic E-state index is -0.469. The molecule has 126 valence electrons. The monoisotopic (exact) mass is 322 g/mol. The van der Waals surface area contributed by atoms with Crippen LogP contribution in [-0.2, 0) is 11.3 Å². The van der Waals surface area contributed by atoms with Gasteiger partial charge in [0.2, 0.25) is 0 Å². The van der Waals surface area contributed by atoms with Gasteiger partial charge in [0.25, 0.3) is 5.69 Å². The van der Waals surface area contributed by atoms with Crippen LogP contribution in [-0.4, -0.2) is 40.7 Å². The molecule has 1 heterocycles. The number of nitro benzene ring substituents is 1. The number of hydrogen-bond acceptors (Lipinski definition) is 5. The Morgan fingerprint density at radius 3 is 2.61 bits per heavy atom. The third-order valence-electron chi connectivity index (χ3n) is 4.44. The Balaban J connectivity index is 1.89. The van der Waals surface area contributed by atoms with E-state index in [9.17, 15) is 20.0 Å². The first-order valence-electron chi connectivity index (χ1n) is 7.59. The van der Waals surface area contributed by atoms with E-state index in [0.717, 1.165) is 6.42 Å². The van der Waals surface area contributed by atoms with Crippen LogP contribution >= 0.6 is 0 Å². The second-order valence-electron chi connectivity index (χ2n) is 6.56. The average Bonchev–Trinajstić information content (AvgIpc) is 2.52. The fraction of sp³-hybridized carbons (Fsp3) is 0.562. The van der Waals surface area contributed by atoms with Crippen molar-refractivity contribution in [2.75, 3.05) is 19.7 Å². The molecule has 1 aromatic carbocycles. The number of carbonyl (C=O) groups is 1. The number of aliphatic hydroxyl groups is 1. The van der Waals surface area contributed by atoms with Crippen molar-refractivity contribution in [2.24, 2.45) is 11.3 Å². The summed E-state index contributed by atoms with van der Waals surface area (Å²) >= 11 is 0. The highest BCUT2D eigenvalue weighted by atomic mass is 16.6. The number of amides is 1. The molecular weight excluding hydrogens is 300 g/mol. The minimum Gasteiger partial charge on any atom is -0.445 e. The molecule has 1 aromatic rings. The van der Waals surface area contributed by atoms with E-state index in [1.54, 1.807) is 17.0 Å². The first kappa shape index (κ1) is 17.2. The lowest BCUT2D eigenvalue weighted by molar-refractivity contribution is -0.384. The van der Waals surface area contributed by atoms with E-state index in [1.807, 2.05) is 13.8 Å². The summed E-state index contributed by atoms with van der Waals surface area (Å²) in [5.41, 5.74) is 0.556. The van der Waals surface area contributed by atoms with Crippen molar-refractivity contribution in [3.8, 4) is 0 Å². The van der Waals surface area contributed by atoms with E-state index < -0.39 is 11.0 Å². The number of benzene rings is 1. The first-order chi connectivity index (χ1) is 10.8. The zero-order chi connectivity index (χ0) is 17.0. The lowest BCUT2D eigenvalue weighted by Gasteiger charge is -2.43. The van der Waals surface area contributed by atoms with E-state index in [2.05, 4.69) is 0 Å². The number of carbonyl (C=O) groups excluding carboxylic acids is 1. The van der Waals surface area contributed by atoms with E-state index in [1.165, 1.54) is 12.1 Å². The molecular formula is C16H22N2O5. The van der Waals surface area contributed by atoms with Crippen molar-refractivity contribution >= 4 is 11.8 Å². The molecule has 1 aliphatic rings. The van der Waals surface area contributed by atoms with Crippen LogP contribution in [0.15, 0.2) is 24.3 Å². The van der Waals surface area contributed by atoms with Gasteiger partial charge in [0.15, 0.2) is 0 Å². The number of hydrogen-bond donors (Lipinski definition) is 1. The van der Waals surface area contributed by atoms with Gasteiger partial charge in [-0.15, -0.1) is 0 Å². The van der Waals surface area contributed by atoms with Crippen LogP contribution in [0.4, 0.5) is 10.5 Å². The highest BCUT2D eigenvalue weighted by Gasteiger charge is 2.37. The van der Waals surface area contributed by atoms with Gasteiger partial charge in [0.05, 0.1) is 4.92 Å². The van der Waals surface area contributed by atoms with Crippen molar-refractivity contribution in [3.05, 3.63) is 39.9 Å². The van der Waals surface area contributed by atoms with Crippen LogP contribution in [0.25, 0.3) is 0 Å². The fourth-order valence-corrected chi connectivity index (χ4v) is 2.85. The third-order valence-corrected chi connectivity index (χ3v) is 4.44. The second-order valence-corrected chi connectivity index (χ2v) is 6.56. The molecule has 1 amide bonds. The van der Waals surface area contributed by atoms with Gasteiger partial charge >= 0.3 is 6.09 Å². The van der Waals surface area contributed by atoms with Crippen LogP contribution in [0.2, 0.25) is 0 Å². The van der Waals surface area contributed by atoms with Gasteiger partial charge in [-0.25, -0.2) is 4.79 Å². The van der Waals surface area contributed by atoms with Crippen LogP contribution in [0.5, 0.6) is 0 Å². The molecule has 0 aromatic heterocycles. The summed E-state index contributed by atoms with van der Waals surface area (Å²) < 4.78 is 5.28. The van der Waals surface area contributed by atoms with Gasteiger partial charge in [-0.05, 0) is 35.4 Å². The molecule has 0 saturated carbocycles. The second kappa shape index (κ2) is 6.95. The minimum absolute atomic E-state index is 0.00732. The molecule has 0 bridgehead atoms. The average molecular weight is 322 g/mol. The number of ether oxygens (including phenoxy) is 1. The largest absolute Gasteiger partial charge is 0.445 e. The van der Waals surface area contributed by atoms with Crippen LogP contribution in [0.3, 0.4) is 0 Å². The van der Waals surface area contributed by atoms with Crippen molar-refractivity contribution in [1.82, 2.24) is 4.90 Å². The number of nitro groups is 1. The molecule has 1 atom stereocenters. The first-order valence-corrected chi connectivity index (χ1v) is 7.59. The summed E-state index contributed by atoms with van der Waals surface area (Å²) in [7, 11) is 0. The van der Waals surface area contributed by atoms with E-state index in [4.69, 9.17) is 4.74 Å². The number of likely N-dealkylation sites (tertiary alicyclic amines) is 1. The van der Waals surface area contributed by atoms with Gasteiger partial charge in [-0.2, -0.15) is 0 Å². The summed E-state index contributed by atoms with van der Waals surface area (Å²) in [6, 6.07) is 5.93. The van der Waals surface area contributed by atoms with Gasteiger partial charge in [-0.3, -0.25) is 10.1 Å². The highest BCUT2D eigenvalue weighted by Crippen LogP contribution is 2.34. The lowest BCUT2D eigenvalue weighted by Crippen LogP contribution is -2.49. The van der Waals surface area contributed by atoms with Crippen molar-refractivity contribution in [2.45, 2.75) is 26.9 Å². The standard InChI is InChI=1S/C16H22N2O5/c1-16(2)11-17(8-7-13(16)9-19)15(20)23-10-12-3-5-14(6-4-12)18(21)22/h3-6,13,19H,7-11H2,1-2H3/t13-/m1/s1. The number of piperidine rings is 1. The molecule has 7 nitrogen and oxygen atoms in total. The van der Waals surface area contributed by atoms with Gasteiger partial charge in [-0.1, -0.05) is 13.8 Å². The van der Waals surface area contributed by atoms with E-state index >= 15 is 0 Å². The Hall–Kier alpha value is -2.15. The van der Waals surface area contributed by atoms with Crippen molar-refractivity contribution < 1.29 is 19.6 Å². The topological polar surface area (TPSA) is 92.9 Å². The van der Waals surface area contributed by atoms with Crippen LogP contribution < -0.4 is 0 Å². The summed E-state index contributed by atoms with van der Waals surface area (Å²) in [4.78, 5) is 23.9. The zero-order valence-corrected chi connectivity index (χ0v) is 13.4. The van der Waals surface area contributed by atoms with E-state index in [-0.39, 0.29) is 30.2 Å². The Morgan fingerprint density at radius 2 is 2.09 bits per heavy atom. The molecule has 1 aliphatic heterocycles. The third kappa shape index (κ3) is 4.19. The summed E-state index contributed by atoms with van der Waals surface area (Å²) in [5, 5.41) is 20.0. The molecule has 1 fully saturated rings. The lowest BCUT2D eigenvalue weighted by atomic mass is 9.74. The number of rotatable bonds is 4. The molecule has 0 aliphatic carbocycles. The van der Waals surface area contributed by atoms with Crippen LogP contribution in [0, 0.1) is 21.4 Å². The summed E-state index contributed by atoms with van der Waals surface area (Å²) in [6.45, 7) is 5.37. The molecule has 0 spiro atoms. The fourth-order valence-electron chi connectivity index (χ4n) is 2.85. The Bertz CT molecular complexity index is 570. The predicted molar refractivity (Wildman–Crippen MR) is 83.8 cm³/mol. The maximum atomic E-state index is 12.2. The summed E-state index contributed by atoms with van der Waals surface area (Å²) in [5.74, 6) is 0.182. The smallest absolute Gasteiger partial charge is 0.410 e. The highest BCUT2D eigenvalue weighted by molar-refractivity contribution is 5.67. The Morgan fingerprint density at radius 1 is 1.43 bits per heavy atom. The Labute approximate surface area is 135 Å². The van der Waals surface area contributed by atoms with Crippen LogP contribution in [0.1, 0.15) is 25.8 Å². The van der Waals surface area contributed by atoms with Gasteiger partial charge in [0.1, 0.15) is 6.61 Å². The van der Waals surface area contributed by atoms with Gasteiger partial charge in [0, 0.05) is 31.8 Å². The normalized spacial score (nSPS) is 20.1. The molecule has 1 saturated heterocycles. The molecule has 7 heteroatoms. The number of aliphatic hydroxyl groups excluding tert-OH is 1. The molecule has 23 heavy (non-hydrogen) atoms. The van der Waals surface area contributed by atoms with Gasteiger partial charge < -0.3 is 14.7 Å². The number of nitrogens with zero attached hydrogens (tertiary/aromatic N) is 2. The molecule has 0 radical (unpaired) electrons. The maximum Gasteiger partial charge on any atom is 0.410 e. The predicted octanol–water partition coefficient (Wildman–Crippen LogP) is 2.57. The quantitative estimate of drug-likeness (QED) is 0.679. The molecule has 2 rings (SSSR count). The Kier molecular flexibility index (Phi) is 5.20. The van der Waals surface area contributed by atoms with Crippen molar-refractivity contribution in [1.29, 1.82) is 0 Å². The molecule has 1 N–H and O–H groups in total. The molecule has 0 unspecified atom stereocenters. The number of non-ortho nitro benzene ring substituents is 1. The van der Waals surface area contributed by atoms with E-state index in [0.29, 0.717) is 18.7 Å². The summed E-state index contributed by atoms with van der Waals surface area (Å²) in [6.07, 6.45) is 0.351. The SMILES string of the molecule is CC1(C)CN(C(=O)OCc2ccc([N+](=O)[O-])cc2)CC[C@@H]1CO.